The third-order valence-electron chi connectivity index (χ3n) is 2.25. The highest BCUT2D eigenvalue weighted by molar-refractivity contribution is 4.64. The van der Waals surface area contributed by atoms with Crippen LogP contribution in [-0.2, 0) is 6.54 Å². The largest absolute Gasteiger partial charge is 0.396 e. The maximum absolute atomic E-state index is 8.58. The van der Waals surface area contributed by atoms with Gasteiger partial charge in [-0.2, -0.15) is 0 Å². The van der Waals surface area contributed by atoms with Crippen molar-refractivity contribution in [2.75, 3.05) is 19.7 Å². The highest BCUT2D eigenvalue weighted by Gasteiger charge is 1.92. The number of hydrogen-bond donors (Lipinski definition) is 2. The predicted molar refractivity (Wildman–Crippen MR) is 58.4 cm³/mol. The number of nitrogens with zero attached hydrogens (tertiary/aromatic N) is 3. The zero-order chi connectivity index (χ0) is 10.8. The van der Waals surface area contributed by atoms with Gasteiger partial charge in [-0.25, -0.2) is 0 Å². The van der Waals surface area contributed by atoms with Gasteiger partial charge in [0.1, 0.15) is 0 Å². The molecule has 1 heterocycles. The summed E-state index contributed by atoms with van der Waals surface area (Å²) in [6.07, 6.45) is 7.98. The minimum atomic E-state index is 0.319. The average molecular weight is 212 g/mol. The second kappa shape index (κ2) is 8.38. The molecule has 0 fully saturated rings. The van der Waals surface area contributed by atoms with E-state index in [2.05, 4.69) is 15.6 Å². The highest BCUT2D eigenvalue weighted by Crippen LogP contribution is 1.97. The van der Waals surface area contributed by atoms with Gasteiger partial charge in [-0.15, -0.1) is 5.10 Å². The Bertz CT molecular complexity index is 225. The first kappa shape index (κ1) is 12.1. The molecule has 0 radical (unpaired) electrons. The lowest BCUT2D eigenvalue weighted by molar-refractivity contribution is 0.282. The summed E-state index contributed by atoms with van der Waals surface area (Å²) in [5, 5.41) is 19.5. The summed E-state index contributed by atoms with van der Waals surface area (Å²) in [5.74, 6) is 0. The summed E-state index contributed by atoms with van der Waals surface area (Å²) in [6, 6.07) is 0. The lowest BCUT2D eigenvalue weighted by Gasteiger charge is -2.04. The molecule has 15 heavy (non-hydrogen) atoms. The number of nitrogens with one attached hydrogen (secondary N) is 1. The third-order valence-corrected chi connectivity index (χ3v) is 2.25. The molecule has 86 valence electrons. The first-order valence-corrected chi connectivity index (χ1v) is 5.59. The topological polar surface area (TPSA) is 63.0 Å². The monoisotopic (exact) mass is 212 g/mol. The number of aliphatic hydroxyl groups is 1. The fourth-order valence-electron chi connectivity index (χ4n) is 1.39. The van der Waals surface area contributed by atoms with Crippen molar-refractivity contribution in [3.8, 4) is 0 Å². The molecule has 1 rings (SSSR count). The molecule has 5 nitrogen and oxygen atoms in total. The summed E-state index contributed by atoms with van der Waals surface area (Å²) in [7, 11) is 0. The van der Waals surface area contributed by atoms with Gasteiger partial charge in [0.05, 0.1) is 12.7 Å². The standard InChI is InChI=1S/C10H20N4O/c15-10-4-2-1-3-5-11-6-8-14-9-7-12-13-14/h7,9,11,15H,1-6,8,10H2. The van der Waals surface area contributed by atoms with Crippen molar-refractivity contribution in [1.29, 1.82) is 0 Å². The third kappa shape index (κ3) is 6.19. The summed E-state index contributed by atoms with van der Waals surface area (Å²) in [4.78, 5) is 0. The van der Waals surface area contributed by atoms with Crippen LogP contribution in [0.15, 0.2) is 12.4 Å². The van der Waals surface area contributed by atoms with Crippen molar-refractivity contribution in [3.05, 3.63) is 12.4 Å². The van der Waals surface area contributed by atoms with Crippen LogP contribution in [0.3, 0.4) is 0 Å². The molecule has 0 amide bonds. The van der Waals surface area contributed by atoms with Gasteiger partial charge in [-0.1, -0.05) is 18.1 Å². The van der Waals surface area contributed by atoms with Crippen molar-refractivity contribution in [2.24, 2.45) is 0 Å². The maximum atomic E-state index is 8.58. The molecule has 2 N–H and O–H groups in total. The lowest BCUT2D eigenvalue weighted by Crippen LogP contribution is -2.21. The minimum absolute atomic E-state index is 0.319. The van der Waals surface area contributed by atoms with Crippen LogP contribution in [0.2, 0.25) is 0 Å². The van der Waals surface area contributed by atoms with Crippen molar-refractivity contribution in [1.82, 2.24) is 20.3 Å². The average Bonchev–Trinajstić information content (AvgIpc) is 2.75. The Balaban J connectivity index is 1.81. The quantitative estimate of drug-likeness (QED) is 0.582. The number of unbranched alkanes of at least 4 members (excludes halogenated alkanes) is 3. The Kier molecular flexibility index (Phi) is 6.77. The Labute approximate surface area is 90.5 Å². The molecule has 0 spiro atoms. The summed E-state index contributed by atoms with van der Waals surface area (Å²) >= 11 is 0. The molecule has 0 aromatic carbocycles. The van der Waals surface area contributed by atoms with Crippen molar-refractivity contribution in [2.45, 2.75) is 32.2 Å². The molecular weight excluding hydrogens is 192 g/mol. The Morgan fingerprint density at radius 1 is 1.13 bits per heavy atom. The van der Waals surface area contributed by atoms with E-state index >= 15 is 0 Å². The van der Waals surface area contributed by atoms with Crippen molar-refractivity contribution < 1.29 is 5.11 Å². The Hall–Kier alpha value is -0.940. The number of aliphatic hydroxyl groups excluding tert-OH is 1. The van der Waals surface area contributed by atoms with Gasteiger partial charge in [0, 0.05) is 19.3 Å². The van der Waals surface area contributed by atoms with Gasteiger partial charge in [0.25, 0.3) is 0 Å². The smallest absolute Gasteiger partial charge is 0.0692 e. The molecule has 0 saturated heterocycles. The van der Waals surface area contributed by atoms with Crippen LogP contribution in [0.4, 0.5) is 0 Å². The van der Waals surface area contributed by atoms with Crippen LogP contribution >= 0.6 is 0 Å². The van der Waals surface area contributed by atoms with E-state index in [-0.39, 0.29) is 0 Å². The molecule has 1 aromatic rings. The van der Waals surface area contributed by atoms with E-state index in [0.29, 0.717) is 6.61 Å². The Morgan fingerprint density at radius 2 is 2.00 bits per heavy atom. The van der Waals surface area contributed by atoms with Gasteiger partial charge in [0.15, 0.2) is 0 Å². The highest BCUT2D eigenvalue weighted by atomic mass is 16.2. The molecule has 0 aliphatic carbocycles. The van der Waals surface area contributed by atoms with Crippen LogP contribution in [0.5, 0.6) is 0 Å². The van der Waals surface area contributed by atoms with Crippen LogP contribution < -0.4 is 5.32 Å². The molecule has 0 atom stereocenters. The first-order chi connectivity index (χ1) is 7.43. The van der Waals surface area contributed by atoms with Crippen LogP contribution in [0, 0.1) is 0 Å². The van der Waals surface area contributed by atoms with Crippen molar-refractivity contribution >= 4 is 0 Å². The number of rotatable bonds is 9. The fraction of sp³-hybridized carbons (Fsp3) is 0.800. The molecule has 5 heteroatoms. The van der Waals surface area contributed by atoms with Gasteiger partial charge in [-0.05, 0) is 19.4 Å². The normalized spacial score (nSPS) is 10.7. The van der Waals surface area contributed by atoms with E-state index in [1.807, 2.05) is 10.9 Å². The van der Waals surface area contributed by atoms with Crippen LogP contribution in [0.25, 0.3) is 0 Å². The van der Waals surface area contributed by atoms with E-state index in [1.165, 1.54) is 12.8 Å². The first-order valence-electron chi connectivity index (χ1n) is 5.59. The minimum Gasteiger partial charge on any atom is -0.396 e. The zero-order valence-electron chi connectivity index (χ0n) is 9.10. The molecule has 0 aliphatic heterocycles. The van der Waals surface area contributed by atoms with Crippen molar-refractivity contribution in [3.63, 3.8) is 0 Å². The van der Waals surface area contributed by atoms with Gasteiger partial charge >= 0.3 is 0 Å². The van der Waals surface area contributed by atoms with Crippen LogP contribution in [-0.4, -0.2) is 39.8 Å². The van der Waals surface area contributed by atoms with Gasteiger partial charge < -0.3 is 10.4 Å². The lowest BCUT2D eigenvalue weighted by atomic mass is 10.2. The second-order valence-corrected chi connectivity index (χ2v) is 3.55. The van der Waals surface area contributed by atoms with E-state index in [9.17, 15) is 0 Å². The van der Waals surface area contributed by atoms with E-state index in [1.54, 1.807) is 6.20 Å². The summed E-state index contributed by atoms with van der Waals surface area (Å²) < 4.78 is 1.82. The molecule has 0 bridgehead atoms. The van der Waals surface area contributed by atoms with Gasteiger partial charge in [0.2, 0.25) is 0 Å². The maximum Gasteiger partial charge on any atom is 0.0692 e. The number of hydrogen-bond acceptors (Lipinski definition) is 4. The molecule has 0 aliphatic rings. The summed E-state index contributed by atoms with van der Waals surface area (Å²) in [6.45, 7) is 3.17. The SMILES string of the molecule is OCCCCCCNCCn1ccnn1. The van der Waals surface area contributed by atoms with Crippen LogP contribution in [0.1, 0.15) is 25.7 Å². The molecule has 0 unspecified atom stereocenters. The molecule has 1 aromatic heterocycles. The molecular formula is C10H20N4O. The zero-order valence-corrected chi connectivity index (χ0v) is 9.10. The van der Waals surface area contributed by atoms with E-state index in [4.69, 9.17) is 5.11 Å². The fourth-order valence-corrected chi connectivity index (χ4v) is 1.39. The predicted octanol–water partition coefficient (Wildman–Crippen LogP) is 0.420. The second-order valence-electron chi connectivity index (χ2n) is 3.55. The van der Waals surface area contributed by atoms with E-state index in [0.717, 1.165) is 32.5 Å². The number of aromatic nitrogens is 3. The van der Waals surface area contributed by atoms with Gasteiger partial charge in [-0.3, -0.25) is 4.68 Å². The Morgan fingerprint density at radius 3 is 2.73 bits per heavy atom. The van der Waals surface area contributed by atoms with E-state index < -0.39 is 0 Å². The summed E-state index contributed by atoms with van der Waals surface area (Å²) in [5.41, 5.74) is 0. The molecule has 0 saturated carbocycles.